The number of esters is 2. The van der Waals surface area contributed by atoms with E-state index in [1.807, 2.05) is 36.4 Å². The first-order valence-electron chi connectivity index (χ1n) is 11.2. The van der Waals surface area contributed by atoms with Crippen LogP contribution < -0.4 is 0 Å². The van der Waals surface area contributed by atoms with Crippen LogP contribution in [0, 0.1) is 0 Å². The molecule has 7 nitrogen and oxygen atoms in total. The Hall–Kier alpha value is -3.61. The van der Waals surface area contributed by atoms with Crippen LogP contribution in [-0.2, 0) is 23.8 Å². The number of ether oxygens (including phenoxy) is 3. The summed E-state index contributed by atoms with van der Waals surface area (Å²) in [5, 5.41) is 0. The maximum absolute atomic E-state index is 13.0. The van der Waals surface area contributed by atoms with Gasteiger partial charge in [-0.1, -0.05) is 61.2 Å². The number of fused-ring (bicyclic) bond motifs is 3. The molecule has 0 saturated carbocycles. The molecule has 0 spiro atoms. The third-order valence-corrected chi connectivity index (χ3v) is 5.49. The van der Waals surface area contributed by atoms with Crippen LogP contribution in [0.15, 0.2) is 61.2 Å². The summed E-state index contributed by atoms with van der Waals surface area (Å²) < 4.78 is 16.1. The summed E-state index contributed by atoms with van der Waals surface area (Å²) in [7, 11) is 1.41. The Balaban J connectivity index is 1.74. The van der Waals surface area contributed by atoms with Gasteiger partial charge < -0.3 is 14.2 Å². The summed E-state index contributed by atoms with van der Waals surface area (Å²) in [6.07, 6.45) is 0.341. The zero-order valence-corrected chi connectivity index (χ0v) is 20.1. The zero-order valence-electron chi connectivity index (χ0n) is 20.1. The number of amides is 1. The lowest BCUT2D eigenvalue weighted by molar-refractivity contribution is -0.164. The molecule has 0 heterocycles. The maximum atomic E-state index is 13.0. The van der Waals surface area contributed by atoms with Crippen LogP contribution in [0.25, 0.3) is 11.1 Å². The Kier molecular flexibility index (Phi) is 7.76. The minimum absolute atomic E-state index is 0.00846. The van der Waals surface area contributed by atoms with E-state index in [9.17, 15) is 14.4 Å². The molecule has 2 aromatic rings. The van der Waals surface area contributed by atoms with Crippen LogP contribution in [0.5, 0.6) is 0 Å². The Bertz CT molecular complexity index is 1030. The van der Waals surface area contributed by atoms with Gasteiger partial charge in [-0.15, -0.1) is 0 Å². The van der Waals surface area contributed by atoms with Crippen LogP contribution in [0.4, 0.5) is 4.79 Å². The molecule has 1 amide bonds. The topological polar surface area (TPSA) is 82.1 Å². The summed E-state index contributed by atoms with van der Waals surface area (Å²) in [6.45, 7) is 8.75. The molecule has 0 aliphatic heterocycles. The molecule has 3 rings (SSSR count). The van der Waals surface area contributed by atoms with Crippen LogP contribution in [0.1, 0.15) is 44.2 Å². The van der Waals surface area contributed by atoms with Gasteiger partial charge >= 0.3 is 18.0 Å². The number of benzene rings is 2. The smallest absolute Gasteiger partial charge is 0.410 e. The van der Waals surface area contributed by atoms with Crippen molar-refractivity contribution >= 4 is 18.0 Å². The predicted octanol–water partition coefficient (Wildman–Crippen LogP) is 4.70. The molecule has 0 bridgehead atoms. The van der Waals surface area contributed by atoms with Crippen LogP contribution in [-0.4, -0.2) is 54.8 Å². The molecule has 0 unspecified atom stereocenters. The van der Waals surface area contributed by atoms with Crippen molar-refractivity contribution in [3.8, 4) is 11.1 Å². The Labute approximate surface area is 200 Å². The Morgan fingerprint density at radius 1 is 1.00 bits per heavy atom. The van der Waals surface area contributed by atoms with Crippen LogP contribution in [0.2, 0.25) is 0 Å². The highest BCUT2D eigenvalue weighted by Crippen LogP contribution is 2.44. The molecule has 34 heavy (non-hydrogen) atoms. The van der Waals surface area contributed by atoms with Crippen molar-refractivity contribution in [1.82, 2.24) is 4.90 Å². The summed E-state index contributed by atoms with van der Waals surface area (Å²) in [5.41, 5.74) is 3.60. The molecule has 1 aliphatic rings. The molecule has 180 valence electrons. The van der Waals surface area contributed by atoms with Gasteiger partial charge in [-0.3, -0.25) is 9.69 Å². The highest BCUT2D eigenvalue weighted by molar-refractivity contribution is 5.86. The second-order valence-electron chi connectivity index (χ2n) is 9.14. The number of hydrogen-bond donors (Lipinski definition) is 0. The van der Waals surface area contributed by atoms with E-state index in [0.717, 1.165) is 27.2 Å². The molecule has 0 aromatic heterocycles. The van der Waals surface area contributed by atoms with Gasteiger partial charge in [0.15, 0.2) is 0 Å². The van der Waals surface area contributed by atoms with Crippen LogP contribution >= 0.6 is 0 Å². The molecular weight excluding hydrogens is 434 g/mol. The summed E-state index contributed by atoms with van der Waals surface area (Å²) in [6, 6.07) is 14.8. The number of likely N-dealkylation sites (N-methyl/N-ethyl adjacent to an activating group) is 1. The summed E-state index contributed by atoms with van der Waals surface area (Å²) >= 11 is 0. The lowest BCUT2D eigenvalue weighted by atomic mass is 9.98. The molecular formula is C27H31NO6. The highest BCUT2D eigenvalue weighted by Gasteiger charge is 2.35. The van der Waals surface area contributed by atoms with Gasteiger partial charge in [0.1, 0.15) is 24.9 Å². The van der Waals surface area contributed by atoms with Crippen molar-refractivity contribution in [1.29, 1.82) is 0 Å². The van der Waals surface area contributed by atoms with Gasteiger partial charge in [0, 0.05) is 13.0 Å². The molecule has 7 heteroatoms. The van der Waals surface area contributed by atoms with Gasteiger partial charge in [-0.05, 0) is 43.0 Å². The third-order valence-electron chi connectivity index (χ3n) is 5.49. The monoisotopic (exact) mass is 465 g/mol. The van der Waals surface area contributed by atoms with E-state index in [2.05, 4.69) is 18.7 Å². The van der Waals surface area contributed by atoms with Crippen molar-refractivity contribution in [3.05, 3.63) is 72.3 Å². The van der Waals surface area contributed by atoms with E-state index in [1.165, 1.54) is 13.1 Å². The van der Waals surface area contributed by atoms with E-state index < -0.39 is 29.7 Å². The van der Waals surface area contributed by atoms with E-state index in [1.54, 1.807) is 20.8 Å². The lowest BCUT2D eigenvalue weighted by Crippen LogP contribution is -2.47. The number of carbonyl (C=O) groups excluding carboxylic acids is 3. The van der Waals surface area contributed by atoms with E-state index in [0.29, 0.717) is 0 Å². The van der Waals surface area contributed by atoms with E-state index in [4.69, 9.17) is 14.2 Å². The first kappa shape index (κ1) is 25.0. The second-order valence-corrected chi connectivity index (χ2v) is 9.14. The first-order valence-corrected chi connectivity index (χ1v) is 11.2. The largest absolute Gasteiger partial charge is 0.461 e. The van der Waals surface area contributed by atoms with Crippen molar-refractivity contribution in [2.75, 3.05) is 20.3 Å². The average molecular weight is 466 g/mol. The van der Waals surface area contributed by atoms with E-state index >= 15 is 0 Å². The van der Waals surface area contributed by atoms with E-state index in [-0.39, 0.29) is 25.6 Å². The van der Waals surface area contributed by atoms with Crippen LogP contribution in [0.3, 0.4) is 0 Å². The van der Waals surface area contributed by atoms with Crippen molar-refractivity contribution < 1.29 is 28.6 Å². The maximum Gasteiger partial charge on any atom is 0.410 e. The van der Waals surface area contributed by atoms with Gasteiger partial charge in [0.05, 0.1) is 6.42 Å². The first-order chi connectivity index (χ1) is 16.1. The van der Waals surface area contributed by atoms with Crippen molar-refractivity contribution in [3.63, 3.8) is 0 Å². The third kappa shape index (κ3) is 5.84. The van der Waals surface area contributed by atoms with Crippen molar-refractivity contribution in [2.45, 2.75) is 44.8 Å². The number of carbonyl (C=O) groups is 3. The normalized spacial score (nSPS) is 13.3. The second kappa shape index (κ2) is 10.5. The highest BCUT2D eigenvalue weighted by atomic mass is 16.6. The van der Waals surface area contributed by atoms with Gasteiger partial charge in [-0.25, -0.2) is 9.59 Å². The minimum atomic E-state index is -1.19. The molecule has 1 aliphatic carbocycles. The average Bonchev–Trinajstić information content (AvgIpc) is 3.11. The van der Waals surface area contributed by atoms with Crippen molar-refractivity contribution in [2.24, 2.45) is 0 Å². The number of nitrogens with zero attached hydrogens (tertiary/aromatic N) is 1. The lowest BCUT2D eigenvalue weighted by Gasteiger charge is -2.29. The predicted molar refractivity (Wildman–Crippen MR) is 128 cm³/mol. The van der Waals surface area contributed by atoms with Gasteiger partial charge in [-0.2, -0.15) is 0 Å². The Morgan fingerprint density at radius 2 is 1.56 bits per heavy atom. The molecule has 0 saturated heterocycles. The van der Waals surface area contributed by atoms with Gasteiger partial charge in [0.2, 0.25) is 0 Å². The van der Waals surface area contributed by atoms with Gasteiger partial charge in [0.25, 0.3) is 0 Å². The fourth-order valence-electron chi connectivity index (χ4n) is 3.94. The summed E-state index contributed by atoms with van der Waals surface area (Å²) in [5.74, 6) is -1.48. The SMILES string of the molecule is C=CCOC(=O)C[C@@H](C(=O)OC(C)(C)C)N(C)C(=O)OCC1c2ccccc2-c2ccccc21. The zero-order chi connectivity index (χ0) is 24.9. The molecule has 1 atom stereocenters. The standard InChI is InChI=1S/C27H31NO6/c1-6-15-32-24(29)16-23(25(30)34-27(2,3)4)28(5)26(31)33-17-22-20-13-9-7-11-18(20)19-12-8-10-14-21(19)22/h6-14,22-23H,1,15-17H2,2-5H3/t23-/m0/s1. The fourth-order valence-corrected chi connectivity index (χ4v) is 3.94. The summed E-state index contributed by atoms with van der Waals surface area (Å²) in [4.78, 5) is 39.0. The molecule has 0 fully saturated rings. The number of rotatable bonds is 8. The molecule has 2 aromatic carbocycles. The molecule has 0 N–H and O–H groups in total. The number of hydrogen-bond acceptors (Lipinski definition) is 6. The quantitative estimate of drug-likeness (QED) is 0.319. The molecule has 0 radical (unpaired) electrons. The minimum Gasteiger partial charge on any atom is -0.461 e. The Morgan fingerprint density at radius 3 is 2.09 bits per heavy atom. The fraction of sp³-hybridized carbons (Fsp3) is 0.370.